The number of carbonyl (C=O) groups is 1. The van der Waals surface area contributed by atoms with E-state index in [1.165, 1.54) is 0 Å². The van der Waals surface area contributed by atoms with E-state index >= 15 is 0 Å². The minimum atomic E-state index is -0.742. The maximum atomic E-state index is 10.5. The molecule has 0 aliphatic rings. The third-order valence-corrected chi connectivity index (χ3v) is 2.72. The van der Waals surface area contributed by atoms with Crippen LogP contribution < -0.4 is 4.74 Å². The number of benzene rings is 1. The molecule has 5 heteroatoms. The lowest BCUT2D eigenvalue weighted by atomic mass is 10.3. The molecule has 0 fully saturated rings. The van der Waals surface area contributed by atoms with Crippen LogP contribution >= 0.6 is 12.4 Å². The van der Waals surface area contributed by atoms with Crippen LogP contribution in [0.15, 0.2) is 30.3 Å². The summed E-state index contributed by atoms with van der Waals surface area (Å²) in [5.41, 5.74) is 0. The fourth-order valence-electron chi connectivity index (χ4n) is 1.68. The van der Waals surface area contributed by atoms with Gasteiger partial charge in [-0.1, -0.05) is 25.1 Å². The standard InChI is InChI=1S/C14H21NO3.ClH/c1-2-15(11-9-14(16)17)10-6-12-18-13-7-4-3-5-8-13;/h3-5,7-8H,2,6,9-12H2,1H3,(H,16,17);1H. The largest absolute Gasteiger partial charge is 0.494 e. The second kappa shape index (κ2) is 10.6. The van der Waals surface area contributed by atoms with E-state index < -0.39 is 5.97 Å². The van der Waals surface area contributed by atoms with Gasteiger partial charge in [-0.3, -0.25) is 4.79 Å². The topological polar surface area (TPSA) is 49.8 Å². The molecule has 0 heterocycles. The summed E-state index contributed by atoms with van der Waals surface area (Å²) < 4.78 is 5.58. The highest BCUT2D eigenvalue weighted by Gasteiger charge is 2.05. The molecule has 0 saturated heterocycles. The molecule has 0 aliphatic heterocycles. The van der Waals surface area contributed by atoms with Gasteiger partial charge in [0.25, 0.3) is 0 Å². The van der Waals surface area contributed by atoms with E-state index in [2.05, 4.69) is 4.90 Å². The predicted molar refractivity (Wildman–Crippen MR) is 78.2 cm³/mol. The van der Waals surface area contributed by atoms with Crippen molar-refractivity contribution in [1.29, 1.82) is 0 Å². The number of nitrogens with zero attached hydrogens (tertiary/aromatic N) is 1. The van der Waals surface area contributed by atoms with E-state index in [0.717, 1.165) is 25.3 Å². The Kier molecular flexibility index (Phi) is 9.94. The van der Waals surface area contributed by atoms with Crippen molar-refractivity contribution >= 4 is 18.4 Å². The van der Waals surface area contributed by atoms with Crippen LogP contribution in [0.2, 0.25) is 0 Å². The van der Waals surface area contributed by atoms with E-state index in [0.29, 0.717) is 13.2 Å². The van der Waals surface area contributed by atoms with Gasteiger partial charge in [-0.05, 0) is 25.1 Å². The van der Waals surface area contributed by atoms with E-state index in [9.17, 15) is 4.79 Å². The molecule has 0 atom stereocenters. The van der Waals surface area contributed by atoms with Gasteiger partial charge in [0.15, 0.2) is 0 Å². The van der Waals surface area contributed by atoms with Crippen molar-refractivity contribution in [2.75, 3.05) is 26.2 Å². The molecular formula is C14H22ClNO3. The molecule has 0 unspecified atom stereocenters. The molecule has 1 aromatic rings. The van der Waals surface area contributed by atoms with Crippen molar-refractivity contribution in [3.05, 3.63) is 30.3 Å². The van der Waals surface area contributed by atoms with Gasteiger partial charge in [-0.2, -0.15) is 0 Å². The molecule has 1 aromatic carbocycles. The second-order valence-corrected chi connectivity index (χ2v) is 4.09. The zero-order chi connectivity index (χ0) is 13.2. The molecule has 0 saturated carbocycles. The first-order valence-electron chi connectivity index (χ1n) is 6.34. The van der Waals surface area contributed by atoms with Crippen LogP contribution in [0, 0.1) is 0 Å². The van der Waals surface area contributed by atoms with Crippen LogP contribution in [0.25, 0.3) is 0 Å². The zero-order valence-electron chi connectivity index (χ0n) is 11.2. The first kappa shape index (κ1) is 17.7. The van der Waals surface area contributed by atoms with Crippen LogP contribution in [-0.4, -0.2) is 42.2 Å². The molecule has 1 N–H and O–H groups in total. The Morgan fingerprint density at radius 3 is 2.53 bits per heavy atom. The van der Waals surface area contributed by atoms with Gasteiger partial charge in [0.05, 0.1) is 13.0 Å². The number of carboxylic acid groups (broad SMARTS) is 1. The minimum absolute atomic E-state index is 0. The van der Waals surface area contributed by atoms with Crippen molar-refractivity contribution in [2.45, 2.75) is 19.8 Å². The van der Waals surface area contributed by atoms with Crippen molar-refractivity contribution in [2.24, 2.45) is 0 Å². The maximum Gasteiger partial charge on any atom is 0.304 e. The molecule has 0 aromatic heterocycles. The number of rotatable bonds is 9. The molecule has 0 radical (unpaired) electrons. The summed E-state index contributed by atoms with van der Waals surface area (Å²) in [6.07, 6.45) is 1.11. The van der Waals surface area contributed by atoms with Crippen molar-refractivity contribution in [3.8, 4) is 5.75 Å². The number of hydrogen-bond donors (Lipinski definition) is 1. The first-order valence-corrected chi connectivity index (χ1v) is 6.34. The maximum absolute atomic E-state index is 10.5. The minimum Gasteiger partial charge on any atom is -0.494 e. The monoisotopic (exact) mass is 287 g/mol. The van der Waals surface area contributed by atoms with Gasteiger partial charge in [0.1, 0.15) is 5.75 Å². The molecule has 0 spiro atoms. The zero-order valence-corrected chi connectivity index (χ0v) is 12.1. The SMILES string of the molecule is CCN(CCCOc1ccccc1)CCC(=O)O.Cl. The van der Waals surface area contributed by atoms with Crippen LogP contribution in [-0.2, 0) is 4.79 Å². The predicted octanol–water partition coefficient (Wildman–Crippen LogP) is 2.67. The fourth-order valence-corrected chi connectivity index (χ4v) is 1.68. The Balaban J connectivity index is 0.00000324. The summed E-state index contributed by atoms with van der Waals surface area (Å²) >= 11 is 0. The van der Waals surface area contributed by atoms with Crippen LogP contribution in [0.5, 0.6) is 5.75 Å². The third-order valence-electron chi connectivity index (χ3n) is 2.72. The van der Waals surface area contributed by atoms with E-state index in [-0.39, 0.29) is 18.8 Å². The summed E-state index contributed by atoms with van der Waals surface area (Å²) in [5.74, 6) is 0.139. The Hall–Kier alpha value is -1.26. The van der Waals surface area contributed by atoms with Crippen LogP contribution in [0.1, 0.15) is 19.8 Å². The molecule has 19 heavy (non-hydrogen) atoms. The summed E-state index contributed by atoms with van der Waals surface area (Å²) in [5, 5.41) is 8.63. The van der Waals surface area contributed by atoms with Gasteiger partial charge in [0, 0.05) is 13.1 Å². The summed E-state index contributed by atoms with van der Waals surface area (Å²) in [4.78, 5) is 12.6. The molecule has 4 nitrogen and oxygen atoms in total. The molecule has 0 aliphatic carbocycles. The highest BCUT2D eigenvalue weighted by molar-refractivity contribution is 5.85. The Labute approximate surface area is 120 Å². The average molecular weight is 288 g/mol. The molecule has 0 bridgehead atoms. The number of ether oxygens (including phenoxy) is 1. The lowest BCUT2D eigenvalue weighted by molar-refractivity contribution is -0.137. The lowest BCUT2D eigenvalue weighted by Crippen LogP contribution is -2.28. The fraction of sp³-hybridized carbons (Fsp3) is 0.500. The highest BCUT2D eigenvalue weighted by atomic mass is 35.5. The Morgan fingerprint density at radius 1 is 1.26 bits per heavy atom. The number of hydrogen-bond acceptors (Lipinski definition) is 3. The van der Waals surface area contributed by atoms with E-state index in [1.807, 2.05) is 37.3 Å². The van der Waals surface area contributed by atoms with Crippen molar-refractivity contribution in [3.63, 3.8) is 0 Å². The van der Waals surface area contributed by atoms with Crippen molar-refractivity contribution in [1.82, 2.24) is 4.90 Å². The first-order chi connectivity index (χ1) is 8.72. The van der Waals surface area contributed by atoms with Gasteiger partial charge in [-0.15, -0.1) is 12.4 Å². The van der Waals surface area contributed by atoms with Gasteiger partial charge in [-0.25, -0.2) is 0 Å². The summed E-state index contributed by atoms with van der Waals surface area (Å²) in [7, 11) is 0. The Morgan fingerprint density at radius 2 is 1.95 bits per heavy atom. The second-order valence-electron chi connectivity index (χ2n) is 4.09. The third kappa shape index (κ3) is 8.46. The van der Waals surface area contributed by atoms with Crippen LogP contribution in [0.4, 0.5) is 0 Å². The number of aliphatic carboxylic acids is 1. The molecule has 0 amide bonds. The average Bonchev–Trinajstić information content (AvgIpc) is 2.39. The van der Waals surface area contributed by atoms with Gasteiger partial charge < -0.3 is 14.7 Å². The van der Waals surface area contributed by atoms with E-state index in [4.69, 9.17) is 9.84 Å². The normalized spacial score (nSPS) is 10.0. The number of carboxylic acids is 1. The molecular weight excluding hydrogens is 266 g/mol. The quantitative estimate of drug-likeness (QED) is 0.710. The van der Waals surface area contributed by atoms with Crippen LogP contribution in [0.3, 0.4) is 0 Å². The summed E-state index contributed by atoms with van der Waals surface area (Å²) in [6, 6.07) is 9.71. The number of halogens is 1. The van der Waals surface area contributed by atoms with Gasteiger partial charge >= 0.3 is 5.97 Å². The van der Waals surface area contributed by atoms with E-state index in [1.54, 1.807) is 0 Å². The number of para-hydroxylation sites is 1. The smallest absolute Gasteiger partial charge is 0.304 e. The molecule has 1 rings (SSSR count). The lowest BCUT2D eigenvalue weighted by Gasteiger charge is -2.19. The summed E-state index contributed by atoms with van der Waals surface area (Å²) in [6.45, 7) is 5.06. The Bertz CT molecular complexity index is 346. The van der Waals surface area contributed by atoms with Crippen molar-refractivity contribution < 1.29 is 14.6 Å². The molecule has 108 valence electrons. The van der Waals surface area contributed by atoms with Gasteiger partial charge in [0.2, 0.25) is 0 Å². The highest BCUT2D eigenvalue weighted by Crippen LogP contribution is 2.08.